The largest absolute Gasteiger partial charge is 0.394 e. The van der Waals surface area contributed by atoms with E-state index in [-0.39, 0.29) is 0 Å². The molecule has 3 heterocycles. The van der Waals surface area contributed by atoms with Crippen molar-refractivity contribution in [2.45, 2.75) is 92.1 Å². The minimum atomic E-state index is -1.89. The summed E-state index contributed by atoms with van der Waals surface area (Å²) in [5.74, 6) is 0. The third-order valence-corrected chi connectivity index (χ3v) is 6.19. The van der Waals surface area contributed by atoms with Crippen LogP contribution in [0, 0.1) is 0 Å². The number of aliphatic hydroxyl groups is 10. The van der Waals surface area contributed by atoms with Crippen molar-refractivity contribution in [1.29, 1.82) is 0 Å². The Morgan fingerprint density at radius 2 is 0.971 bits per heavy atom. The first-order valence-electron chi connectivity index (χ1n) is 10.8. The molecule has 0 unspecified atom stereocenters. The minimum absolute atomic E-state index is 0.767. The van der Waals surface area contributed by atoms with Crippen molar-refractivity contribution in [3.05, 3.63) is 0 Å². The molecule has 0 aromatic carbocycles. The maximum atomic E-state index is 10.6. The highest BCUT2D eigenvalue weighted by molar-refractivity contribution is 4.96. The Balaban J connectivity index is 1.83. The van der Waals surface area contributed by atoms with Gasteiger partial charge in [0.1, 0.15) is 67.1 Å². The molecule has 17 heteroatoms. The highest BCUT2D eigenvalue weighted by Gasteiger charge is 2.54. The second-order valence-corrected chi connectivity index (χ2v) is 8.41. The summed E-state index contributed by atoms with van der Waals surface area (Å²) >= 11 is 0. The van der Waals surface area contributed by atoms with Crippen molar-refractivity contribution in [2.24, 2.45) is 0 Å². The van der Waals surface area contributed by atoms with Crippen molar-refractivity contribution in [1.82, 2.24) is 0 Å². The van der Waals surface area contributed by atoms with Gasteiger partial charge in [-0.05, 0) is 0 Å². The number of ether oxygens (including phenoxy) is 5. The van der Waals surface area contributed by atoms with E-state index >= 15 is 0 Å². The lowest BCUT2D eigenvalue weighted by Gasteiger charge is -2.48. The third-order valence-electron chi connectivity index (χ3n) is 6.19. The van der Waals surface area contributed by atoms with Crippen LogP contribution in [-0.2, 0) is 28.6 Å². The van der Waals surface area contributed by atoms with Crippen LogP contribution in [0.5, 0.6) is 0 Å². The molecule has 0 bridgehead atoms. The fraction of sp³-hybridized carbons (Fsp3) is 1.00. The molecule has 35 heavy (non-hydrogen) atoms. The molecule has 206 valence electrons. The molecule has 0 aromatic heterocycles. The molecule has 3 aliphatic rings. The van der Waals surface area contributed by atoms with Gasteiger partial charge in [-0.15, -0.1) is 0 Å². The molecule has 3 saturated heterocycles. The monoisotopic (exact) mass is 520 g/mol. The van der Waals surface area contributed by atoms with Crippen LogP contribution >= 0.6 is 0 Å². The van der Waals surface area contributed by atoms with Gasteiger partial charge in [-0.25, -0.2) is 4.89 Å². The van der Waals surface area contributed by atoms with Crippen molar-refractivity contribution in [3.8, 4) is 0 Å². The fourth-order valence-corrected chi connectivity index (χ4v) is 4.14. The van der Waals surface area contributed by atoms with Crippen LogP contribution in [0.3, 0.4) is 0 Å². The molecule has 17 nitrogen and oxygen atoms in total. The molecule has 0 saturated carbocycles. The maximum absolute atomic E-state index is 10.6. The standard InChI is InChI=1S/C18H32O17/c19-1-4-7(22)10(25)11(26)17(31-4)34-14-9(24)6(3-21)32-18(15(14)35-29)33-13-8(23)5(2-20)30-16(28)12(13)27/h4-29H,1-3H2/t4-,5-,6-,7+,8+,9+,10+,11-,12-,13+,14+,15-,16-,17+,18+/m1/s1. The van der Waals surface area contributed by atoms with Crippen LogP contribution in [0.2, 0.25) is 0 Å². The Kier molecular flexibility index (Phi) is 10.1. The summed E-state index contributed by atoms with van der Waals surface area (Å²) in [6, 6.07) is 0. The van der Waals surface area contributed by atoms with Gasteiger partial charge in [-0.2, -0.15) is 0 Å². The normalized spacial score (nSPS) is 51.3. The second-order valence-electron chi connectivity index (χ2n) is 8.41. The van der Waals surface area contributed by atoms with E-state index in [1.807, 2.05) is 0 Å². The zero-order chi connectivity index (χ0) is 26.0. The molecular weight excluding hydrogens is 488 g/mol. The fourth-order valence-electron chi connectivity index (χ4n) is 4.14. The van der Waals surface area contributed by atoms with E-state index in [4.69, 9.17) is 23.7 Å². The molecule has 3 aliphatic heterocycles. The molecule has 3 fully saturated rings. The summed E-state index contributed by atoms with van der Waals surface area (Å²) in [5.41, 5.74) is 0. The highest BCUT2D eigenvalue weighted by Crippen LogP contribution is 2.33. The number of hydrogen-bond acceptors (Lipinski definition) is 17. The lowest BCUT2D eigenvalue weighted by Crippen LogP contribution is -2.67. The molecule has 0 radical (unpaired) electrons. The second kappa shape index (κ2) is 12.2. The molecule has 0 aromatic rings. The number of aliphatic hydroxyl groups excluding tert-OH is 10. The Morgan fingerprint density at radius 3 is 1.54 bits per heavy atom. The van der Waals surface area contributed by atoms with Gasteiger partial charge in [-0.1, -0.05) is 0 Å². The van der Waals surface area contributed by atoms with Gasteiger partial charge in [0.05, 0.1) is 19.8 Å². The average molecular weight is 520 g/mol. The Labute approximate surface area is 197 Å². The van der Waals surface area contributed by atoms with Crippen molar-refractivity contribution < 1.29 is 84.9 Å². The summed E-state index contributed by atoms with van der Waals surface area (Å²) in [6.45, 7) is -2.38. The molecule has 0 spiro atoms. The van der Waals surface area contributed by atoms with Gasteiger partial charge in [0.15, 0.2) is 25.0 Å². The maximum Gasteiger partial charge on any atom is 0.190 e. The van der Waals surface area contributed by atoms with E-state index in [1.165, 1.54) is 0 Å². The first-order chi connectivity index (χ1) is 16.6. The van der Waals surface area contributed by atoms with E-state index < -0.39 is 112 Å². The van der Waals surface area contributed by atoms with Crippen LogP contribution < -0.4 is 0 Å². The molecular formula is C18H32O17. The predicted octanol–water partition coefficient (Wildman–Crippen LogP) is -7.08. The molecule has 3 rings (SSSR count). The van der Waals surface area contributed by atoms with Crippen LogP contribution in [-0.4, -0.2) is 168 Å². The van der Waals surface area contributed by atoms with E-state index in [0.717, 1.165) is 0 Å². The topological polar surface area (TPSA) is 278 Å². The van der Waals surface area contributed by atoms with Crippen molar-refractivity contribution in [3.63, 3.8) is 0 Å². The molecule has 0 amide bonds. The van der Waals surface area contributed by atoms with E-state index in [9.17, 15) is 56.3 Å². The third kappa shape index (κ3) is 5.76. The van der Waals surface area contributed by atoms with Gasteiger partial charge < -0.3 is 74.7 Å². The SMILES string of the molecule is OC[C@H]1O[C@@H](O[C@H]2[C@@H](O)[C@@H](CO)O[C@@H](O[C@@H]3[C@@H](O)[C@H](O)O[C@H](CO)[C@@H]3O)[C@@H]2OO)[C@H](O)[C@@H](O)[C@H]1O. The number of hydrogen-bond donors (Lipinski definition) is 11. The first-order valence-corrected chi connectivity index (χ1v) is 10.8. The van der Waals surface area contributed by atoms with Crippen LogP contribution in [0.1, 0.15) is 0 Å². The zero-order valence-corrected chi connectivity index (χ0v) is 18.2. The van der Waals surface area contributed by atoms with Crippen LogP contribution in [0.15, 0.2) is 0 Å². The Morgan fingerprint density at radius 1 is 0.486 bits per heavy atom. The summed E-state index contributed by atoms with van der Waals surface area (Å²) < 4.78 is 26.4. The average Bonchev–Trinajstić information content (AvgIpc) is 2.85. The highest BCUT2D eigenvalue weighted by atomic mass is 17.1. The van der Waals surface area contributed by atoms with Gasteiger partial charge in [-0.3, -0.25) is 5.26 Å². The predicted molar refractivity (Wildman–Crippen MR) is 103 cm³/mol. The molecule has 15 atom stereocenters. The van der Waals surface area contributed by atoms with Crippen molar-refractivity contribution >= 4 is 0 Å². The van der Waals surface area contributed by atoms with Gasteiger partial charge in [0.2, 0.25) is 0 Å². The van der Waals surface area contributed by atoms with Crippen LogP contribution in [0.25, 0.3) is 0 Å². The Hall–Kier alpha value is -0.680. The molecule has 11 N–H and O–H groups in total. The first kappa shape index (κ1) is 28.9. The summed E-state index contributed by atoms with van der Waals surface area (Å²) in [4.78, 5) is 4.33. The molecule has 0 aliphatic carbocycles. The van der Waals surface area contributed by atoms with Gasteiger partial charge in [0.25, 0.3) is 0 Å². The lowest BCUT2D eigenvalue weighted by atomic mass is 9.96. The Bertz CT molecular complexity index is 655. The van der Waals surface area contributed by atoms with E-state index in [0.29, 0.717) is 0 Å². The summed E-state index contributed by atoms with van der Waals surface area (Å²) in [7, 11) is 0. The van der Waals surface area contributed by atoms with Crippen LogP contribution in [0.4, 0.5) is 0 Å². The van der Waals surface area contributed by atoms with E-state index in [1.54, 1.807) is 0 Å². The number of rotatable bonds is 8. The van der Waals surface area contributed by atoms with E-state index in [2.05, 4.69) is 4.89 Å². The zero-order valence-electron chi connectivity index (χ0n) is 18.2. The lowest BCUT2D eigenvalue weighted by molar-refractivity contribution is -0.424. The van der Waals surface area contributed by atoms with Gasteiger partial charge >= 0.3 is 0 Å². The quantitative estimate of drug-likeness (QED) is 0.105. The smallest absolute Gasteiger partial charge is 0.190 e. The van der Waals surface area contributed by atoms with Crippen molar-refractivity contribution in [2.75, 3.05) is 19.8 Å². The summed E-state index contributed by atoms with van der Waals surface area (Å²) in [5, 5.41) is 109. The minimum Gasteiger partial charge on any atom is -0.394 e. The summed E-state index contributed by atoms with van der Waals surface area (Å²) in [6.07, 6.45) is -25.8. The van der Waals surface area contributed by atoms with Gasteiger partial charge in [0, 0.05) is 0 Å².